The molecule has 0 aliphatic carbocycles. The quantitative estimate of drug-likeness (QED) is 0.236. The van der Waals surface area contributed by atoms with Crippen LogP contribution in [0.4, 0.5) is 0 Å². The van der Waals surface area contributed by atoms with Crippen LogP contribution < -0.4 is 20.1 Å². The van der Waals surface area contributed by atoms with Gasteiger partial charge in [0.2, 0.25) is 0 Å². The first kappa shape index (κ1) is 37.1. The molecule has 37 heavy (non-hydrogen) atoms. The predicted molar refractivity (Wildman–Crippen MR) is 170 cm³/mol. The van der Waals surface area contributed by atoms with Crippen molar-refractivity contribution in [3.8, 4) is 11.5 Å². The van der Waals surface area contributed by atoms with Gasteiger partial charge in [0.05, 0.1) is 14.2 Å². The van der Waals surface area contributed by atoms with Crippen molar-refractivity contribution in [2.45, 2.75) is 104 Å². The molecule has 216 valence electrons. The molecule has 2 aromatic rings. The molecule has 7 heteroatoms. The molecule has 0 spiro atoms. The van der Waals surface area contributed by atoms with E-state index in [0.29, 0.717) is 20.6 Å². The van der Waals surface area contributed by atoms with Crippen LogP contribution in [0, 0.1) is 0 Å². The number of hydrogen-bond donors (Lipinski definition) is 0. The van der Waals surface area contributed by atoms with Gasteiger partial charge in [0, 0.05) is 0 Å². The van der Waals surface area contributed by atoms with Gasteiger partial charge in [0.25, 0.3) is 0 Å². The molecule has 0 aliphatic heterocycles. The number of ether oxygens (including phenoxy) is 2. The molecule has 2 aromatic carbocycles. The molecule has 0 bridgehead atoms. The van der Waals surface area contributed by atoms with Gasteiger partial charge in [-0.3, -0.25) is 0 Å². The Hall–Kier alpha value is 0.142. The Bertz CT molecular complexity index is 789. The minimum absolute atomic E-state index is 0.106. The van der Waals surface area contributed by atoms with E-state index in [1.54, 1.807) is 14.2 Å². The van der Waals surface area contributed by atoms with E-state index >= 15 is 0 Å². The second-order valence-corrected chi connectivity index (χ2v) is 22.9. The topological polar surface area (TPSA) is 18.5 Å². The molecule has 0 heterocycles. The standard InChI is InChI=1S/2C15H25OP.2ClH.Pd/c2*1-14(2,3)17(15(4,5)6)13-10-8-12(16-7)9-11-13;;;/h2*8-11H,1-7H3;2*1H;/q;;;;+2/p-2. The van der Waals surface area contributed by atoms with Crippen LogP contribution in [-0.4, -0.2) is 34.8 Å². The summed E-state index contributed by atoms with van der Waals surface area (Å²) in [6.07, 6.45) is 0. The van der Waals surface area contributed by atoms with Gasteiger partial charge in [-0.15, -0.1) is 0 Å². The Kier molecular flexibility index (Phi) is 15.9. The van der Waals surface area contributed by atoms with Gasteiger partial charge < -0.3 is 9.47 Å². The van der Waals surface area contributed by atoms with E-state index in [2.05, 4.69) is 132 Å². The molecular weight excluding hydrogens is 632 g/mol. The molecule has 0 N–H and O–H groups in total. The zero-order valence-corrected chi connectivity index (χ0v) is 30.3. The van der Waals surface area contributed by atoms with E-state index in [0.717, 1.165) is 11.5 Å². The van der Waals surface area contributed by atoms with Gasteiger partial charge >= 0.3 is 35.0 Å². The number of rotatable bonds is 4. The summed E-state index contributed by atoms with van der Waals surface area (Å²) < 4.78 is 10.5. The van der Waals surface area contributed by atoms with Crippen LogP contribution >= 0.6 is 34.9 Å². The van der Waals surface area contributed by atoms with Crippen LogP contribution in [0.3, 0.4) is 0 Å². The molecule has 0 amide bonds. The van der Waals surface area contributed by atoms with Crippen molar-refractivity contribution in [2.24, 2.45) is 0 Å². The monoisotopic (exact) mass is 680 g/mol. The molecule has 0 aromatic heterocycles. The molecule has 0 unspecified atom stereocenters. The molecule has 0 saturated heterocycles. The van der Waals surface area contributed by atoms with E-state index in [9.17, 15) is 0 Å². The molecule has 0 fully saturated rings. The predicted octanol–water partition coefficient (Wildman–Crippen LogP) is 10.2. The van der Waals surface area contributed by atoms with Crippen molar-refractivity contribution in [1.29, 1.82) is 0 Å². The van der Waals surface area contributed by atoms with Crippen LogP contribution in [0.25, 0.3) is 0 Å². The van der Waals surface area contributed by atoms with Crippen LogP contribution in [-0.2, 0) is 15.9 Å². The number of halogens is 2. The van der Waals surface area contributed by atoms with Gasteiger partial charge in [-0.1, -0.05) is 123 Å². The summed E-state index contributed by atoms with van der Waals surface area (Å²) in [7, 11) is 12.6. The first-order valence-corrected chi connectivity index (χ1v) is 19.1. The fraction of sp³-hybridized carbons (Fsp3) is 0.600. The average Bonchev–Trinajstić information content (AvgIpc) is 2.72. The summed E-state index contributed by atoms with van der Waals surface area (Å²) in [5.74, 6) is 1.87. The number of benzene rings is 2. The number of hydrogen-bond acceptors (Lipinski definition) is 2. The SMILES string of the molecule is COc1ccc(P(C(C)(C)C)C(C)(C)C)cc1.COc1ccc(P(C(C)(C)C)C(C)(C)C)cc1.[Cl][Pd][Cl]. The third-order valence-corrected chi connectivity index (χ3v) is 12.3. The first-order chi connectivity index (χ1) is 16.7. The summed E-state index contributed by atoms with van der Waals surface area (Å²) in [5.41, 5.74) is 0. The fourth-order valence-electron chi connectivity index (χ4n) is 5.02. The molecule has 2 rings (SSSR count). The van der Waals surface area contributed by atoms with Crippen LogP contribution in [0.15, 0.2) is 48.5 Å². The first-order valence-electron chi connectivity index (χ1n) is 12.4. The van der Waals surface area contributed by atoms with E-state index in [-0.39, 0.29) is 31.8 Å². The number of methoxy groups -OCH3 is 2. The maximum atomic E-state index is 5.23. The van der Waals surface area contributed by atoms with Crippen molar-refractivity contribution in [1.82, 2.24) is 0 Å². The maximum absolute atomic E-state index is 5.23. The Morgan fingerprint density at radius 3 is 0.811 bits per heavy atom. The van der Waals surface area contributed by atoms with Gasteiger partial charge in [-0.25, -0.2) is 0 Å². The van der Waals surface area contributed by atoms with Gasteiger partial charge in [-0.2, -0.15) is 0 Å². The average molecular weight is 682 g/mol. The third kappa shape index (κ3) is 13.4. The summed E-state index contributed by atoms with van der Waals surface area (Å²) in [4.78, 5) is 0. The third-order valence-electron chi connectivity index (χ3n) is 5.34. The van der Waals surface area contributed by atoms with Crippen molar-refractivity contribution in [2.75, 3.05) is 14.2 Å². The van der Waals surface area contributed by atoms with E-state index in [4.69, 9.17) is 28.5 Å². The molecule has 0 atom stereocenters. The summed E-state index contributed by atoms with van der Waals surface area (Å²) in [5, 5.41) is 4.20. The molecular formula is C30H50Cl2O2P2Pd. The summed E-state index contributed by atoms with van der Waals surface area (Å²) in [6, 6.07) is 17.2. The van der Waals surface area contributed by atoms with Crippen molar-refractivity contribution in [3.05, 3.63) is 48.5 Å². The van der Waals surface area contributed by atoms with Crippen molar-refractivity contribution in [3.63, 3.8) is 0 Å². The fourth-order valence-corrected chi connectivity index (χ4v) is 13.0. The zero-order chi connectivity index (χ0) is 29.2. The van der Waals surface area contributed by atoms with Gasteiger partial charge in [-0.05, 0) is 55.5 Å². The molecule has 0 saturated carbocycles. The van der Waals surface area contributed by atoms with Gasteiger partial charge in [0.15, 0.2) is 0 Å². The normalized spacial score (nSPS) is 12.5. The summed E-state index contributed by atoms with van der Waals surface area (Å²) >= 11 is -0.106. The Morgan fingerprint density at radius 2 is 0.676 bits per heavy atom. The van der Waals surface area contributed by atoms with Crippen molar-refractivity contribution >= 4 is 45.5 Å². The van der Waals surface area contributed by atoms with Crippen LogP contribution in [0.1, 0.15) is 83.1 Å². The second kappa shape index (κ2) is 15.8. The van der Waals surface area contributed by atoms with Crippen LogP contribution in [0.2, 0.25) is 0 Å². The Labute approximate surface area is 247 Å². The molecule has 0 radical (unpaired) electrons. The van der Waals surface area contributed by atoms with E-state index < -0.39 is 0 Å². The van der Waals surface area contributed by atoms with E-state index in [1.165, 1.54) is 10.6 Å². The van der Waals surface area contributed by atoms with Gasteiger partial charge in [0.1, 0.15) is 11.5 Å². The molecule has 0 aliphatic rings. The van der Waals surface area contributed by atoms with Crippen LogP contribution in [0.5, 0.6) is 11.5 Å². The Morgan fingerprint density at radius 1 is 0.486 bits per heavy atom. The summed E-state index contributed by atoms with van der Waals surface area (Å²) in [6.45, 7) is 28.1. The molecule has 2 nitrogen and oxygen atoms in total. The zero-order valence-electron chi connectivity index (χ0n) is 25.4. The van der Waals surface area contributed by atoms with E-state index in [1.807, 2.05) is 0 Å². The minimum atomic E-state index is -0.211. The van der Waals surface area contributed by atoms with Crippen molar-refractivity contribution < 1.29 is 25.4 Å². The second-order valence-electron chi connectivity index (χ2n) is 12.8. The Balaban J connectivity index is 0.000000633.